The Morgan fingerprint density at radius 2 is 1.86 bits per heavy atom. The second-order valence-electron chi connectivity index (χ2n) is 11.5. The Labute approximate surface area is 179 Å². The molecule has 4 aliphatic carbocycles. The molecule has 2 saturated carbocycles. The molecule has 1 unspecified atom stereocenters. The van der Waals surface area contributed by atoms with Gasteiger partial charge in [0.15, 0.2) is 0 Å². The van der Waals surface area contributed by atoms with E-state index in [-0.39, 0.29) is 6.61 Å². The van der Waals surface area contributed by atoms with Crippen molar-refractivity contribution in [2.24, 2.45) is 40.4 Å². The molecule has 4 rings (SSSR count). The third-order valence-electron chi connectivity index (χ3n) is 9.99. The van der Waals surface area contributed by atoms with Gasteiger partial charge in [-0.3, -0.25) is 0 Å². The molecule has 1 nitrogen and oxygen atoms in total. The summed E-state index contributed by atoms with van der Waals surface area (Å²) in [5.74, 6) is 3.07. The standard InChI is InChI=1S/C28H44O/c1-19(21(3)18-29)9-10-20(2)24-13-14-25-23-12-11-22-8-6-7-16-27(22,4)26(23)15-17-28(24,25)5/h9-11,19-21,24-25,29H,6-8,12-18H2,1-5H3/t19-,20+,21?,24+,25-,27-,28+/m0/s1. The normalized spacial score (nSPS) is 40.1. The predicted molar refractivity (Wildman–Crippen MR) is 124 cm³/mol. The Hall–Kier alpha value is -0.820. The Morgan fingerprint density at radius 3 is 2.62 bits per heavy atom. The lowest BCUT2D eigenvalue weighted by molar-refractivity contribution is 0.114. The van der Waals surface area contributed by atoms with Gasteiger partial charge in [0.2, 0.25) is 0 Å². The van der Waals surface area contributed by atoms with Gasteiger partial charge in [0.1, 0.15) is 0 Å². The maximum absolute atomic E-state index is 9.45. The molecule has 0 bridgehead atoms. The number of hydrogen-bond acceptors (Lipinski definition) is 1. The first-order chi connectivity index (χ1) is 13.8. The van der Waals surface area contributed by atoms with E-state index in [1.165, 1.54) is 57.8 Å². The molecule has 0 aromatic rings. The van der Waals surface area contributed by atoms with Crippen LogP contribution in [0.4, 0.5) is 0 Å². The summed E-state index contributed by atoms with van der Waals surface area (Å²) in [7, 11) is 0. The van der Waals surface area contributed by atoms with Crippen LogP contribution in [0.15, 0.2) is 34.9 Å². The van der Waals surface area contributed by atoms with Crippen LogP contribution in [0.5, 0.6) is 0 Å². The zero-order chi connectivity index (χ0) is 20.8. The van der Waals surface area contributed by atoms with Gasteiger partial charge >= 0.3 is 0 Å². The van der Waals surface area contributed by atoms with Gasteiger partial charge in [-0.1, -0.05) is 76.0 Å². The van der Waals surface area contributed by atoms with Crippen molar-refractivity contribution < 1.29 is 5.11 Å². The summed E-state index contributed by atoms with van der Waals surface area (Å²) in [5.41, 5.74) is 6.42. The average Bonchev–Trinajstić information content (AvgIpc) is 3.08. The first kappa shape index (κ1) is 21.4. The van der Waals surface area contributed by atoms with Gasteiger partial charge < -0.3 is 5.11 Å². The number of aliphatic hydroxyl groups excluding tert-OH is 1. The Morgan fingerprint density at radius 1 is 1.07 bits per heavy atom. The minimum Gasteiger partial charge on any atom is -0.396 e. The van der Waals surface area contributed by atoms with E-state index >= 15 is 0 Å². The van der Waals surface area contributed by atoms with Crippen LogP contribution in [0.3, 0.4) is 0 Å². The number of fused-ring (bicyclic) bond motifs is 4. The molecule has 1 heteroatoms. The minimum atomic E-state index is 0.286. The third kappa shape index (κ3) is 3.50. The molecule has 0 saturated heterocycles. The summed E-state index contributed by atoms with van der Waals surface area (Å²) in [6.07, 6.45) is 19.9. The van der Waals surface area contributed by atoms with E-state index in [1.807, 2.05) is 11.1 Å². The Balaban J connectivity index is 1.55. The molecule has 7 atom stereocenters. The van der Waals surface area contributed by atoms with Crippen molar-refractivity contribution in [1.82, 2.24) is 0 Å². The highest BCUT2D eigenvalue weighted by Crippen LogP contribution is 2.64. The summed E-state index contributed by atoms with van der Waals surface area (Å²) >= 11 is 0. The SMILES string of the molecule is CC(CO)[C@@H](C)C=C[C@@H](C)[C@H]1CC[C@H]2C3=C(CC[C@]12C)[C@@]1(C)CCCCC1=CC3. The zero-order valence-electron chi connectivity index (χ0n) is 19.6. The number of allylic oxidation sites excluding steroid dienone is 6. The second kappa shape index (κ2) is 8.03. The van der Waals surface area contributed by atoms with E-state index in [0.717, 1.165) is 11.8 Å². The van der Waals surface area contributed by atoms with E-state index < -0.39 is 0 Å². The number of aliphatic hydroxyl groups is 1. The molecule has 0 aromatic heterocycles. The fourth-order valence-electron chi connectivity index (χ4n) is 7.70. The maximum Gasteiger partial charge on any atom is 0.0462 e. The highest BCUT2D eigenvalue weighted by atomic mass is 16.3. The molecule has 29 heavy (non-hydrogen) atoms. The van der Waals surface area contributed by atoms with Crippen molar-refractivity contribution in [1.29, 1.82) is 0 Å². The molecule has 1 N–H and O–H groups in total. The molecule has 0 radical (unpaired) electrons. The Kier molecular flexibility index (Phi) is 5.93. The number of hydrogen-bond donors (Lipinski definition) is 1. The van der Waals surface area contributed by atoms with Gasteiger partial charge in [0, 0.05) is 12.0 Å². The monoisotopic (exact) mass is 396 g/mol. The van der Waals surface area contributed by atoms with Crippen LogP contribution in [-0.4, -0.2) is 11.7 Å². The van der Waals surface area contributed by atoms with E-state index in [4.69, 9.17) is 0 Å². The first-order valence-electron chi connectivity index (χ1n) is 12.5. The van der Waals surface area contributed by atoms with Crippen LogP contribution in [0.2, 0.25) is 0 Å². The topological polar surface area (TPSA) is 20.2 Å². The van der Waals surface area contributed by atoms with Gasteiger partial charge in [-0.25, -0.2) is 0 Å². The molecule has 0 aliphatic heterocycles. The first-order valence-corrected chi connectivity index (χ1v) is 12.5. The number of rotatable bonds is 5. The van der Waals surface area contributed by atoms with Crippen LogP contribution in [0.1, 0.15) is 92.4 Å². The van der Waals surface area contributed by atoms with Crippen LogP contribution < -0.4 is 0 Å². The van der Waals surface area contributed by atoms with Crippen molar-refractivity contribution in [2.45, 2.75) is 92.4 Å². The van der Waals surface area contributed by atoms with Gasteiger partial charge in [0.05, 0.1) is 0 Å². The summed E-state index contributed by atoms with van der Waals surface area (Å²) in [6, 6.07) is 0. The predicted octanol–water partition coefficient (Wildman–Crippen LogP) is 7.48. The molecule has 0 spiro atoms. The van der Waals surface area contributed by atoms with Crippen molar-refractivity contribution in [3.63, 3.8) is 0 Å². The quantitative estimate of drug-likeness (QED) is 0.478. The van der Waals surface area contributed by atoms with Crippen molar-refractivity contribution >= 4 is 0 Å². The van der Waals surface area contributed by atoms with Crippen LogP contribution in [0, 0.1) is 40.4 Å². The maximum atomic E-state index is 9.45. The van der Waals surface area contributed by atoms with E-state index in [9.17, 15) is 5.11 Å². The van der Waals surface area contributed by atoms with E-state index in [1.54, 1.807) is 5.57 Å². The molecule has 2 fully saturated rings. The van der Waals surface area contributed by atoms with Crippen molar-refractivity contribution in [2.75, 3.05) is 6.61 Å². The van der Waals surface area contributed by atoms with Crippen molar-refractivity contribution in [3.8, 4) is 0 Å². The summed E-state index contributed by atoms with van der Waals surface area (Å²) < 4.78 is 0. The molecular weight excluding hydrogens is 352 g/mol. The highest BCUT2D eigenvalue weighted by Gasteiger charge is 2.53. The van der Waals surface area contributed by atoms with Crippen LogP contribution in [-0.2, 0) is 0 Å². The van der Waals surface area contributed by atoms with E-state index in [2.05, 4.69) is 52.8 Å². The van der Waals surface area contributed by atoms with E-state index in [0.29, 0.717) is 28.6 Å². The molecular formula is C28H44O. The van der Waals surface area contributed by atoms with Crippen LogP contribution in [0.25, 0.3) is 0 Å². The van der Waals surface area contributed by atoms with Gasteiger partial charge in [-0.2, -0.15) is 0 Å². The van der Waals surface area contributed by atoms with Crippen LogP contribution >= 0.6 is 0 Å². The molecule has 0 amide bonds. The lowest BCUT2D eigenvalue weighted by Gasteiger charge is -2.51. The smallest absolute Gasteiger partial charge is 0.0462 e. The Bertz CT molecular complexity index is 712. The fraction of sp³-hybridized carbons (Fsp3) is 0.786. The van der Waals surface area contributed by atoms with Gasteiger partial charge in [0.25, 0.3) is 0 Å². The lowest BCUT2D eigenvalue weighted by Crippen LogP contribution is -2.40. The lowest BCUT2D eigenvalue weighted by atomic mass is 9.53. The summed E-state index contributed by atoms with van der Waals surface area (Å²) in [5, 5.41) is 9.45. The summed E-state index contributed by atoms with van der Waals surface area (Å²) in [6.45, 7) is 12.4. The van der Waals surface area contributed by atoms with Gasteiger partial charge in [-0.15, -0.1) is 0 Å². The fourth-order valence-corrected chi connectivity index (χ4v) is 7.70. The zero-order valence-corrected chi connectivity index (χ0v) is 19.6. The van der Waals surface area contributed by atoms with Crippen molar-refractivity contribution in [3.05, 3.63) is 34.9 Å². The summed E-state index contributed by atoms with van der Waals surface area (Å²) in [4.78, 5) is 0. The molecule has 162 valence electrons. The molecule has 0 aromatic carbocycles. The molecule has 4 aliphatic rings. The molecule has 0 heterocycles. The largest absolute Gasteiger partial charge is 0.396 e. The average molecular weight is 397 g/mol. The second-order valence-corrected chi connectivity index (χ2v) is 11.5. The third-order valence-corrected chi connectivity index (χ3v) is 9.99. The minimum absolute atomic E-state index is 0.286. The highest BCUT2D eigenvalue weighted by molar-refractivity contribution is 5.43. The van der Waals surface area contributed by atoms with Gasteiger partial charge in [-0.05, 0) is 86.4 Å².